The lowest BCUT2D eigenvalue weighted by Gasteiger charge is -2.28. The number of hydrogen-bond donors (Lipinski definition) is 2. The van der Waals surface area contributed by atoms with Crippen LogP contribution in [0.4, 0.5) is 8.78 Å². The fourth-order valence-corrected chi connectivity index (χ4v) is 2.09. The van der Waals surface area contributed by atoms with Crippen molar-refractivity contribution in [1.29, 1.82) is 0 Å². The molecule has 0 aromatic heterocycles. The highest BCUT2D eigenvalue weighted by atomic mass is 19.3. The molecule has 6 heteroatoms. The normalized spacial score (nSPS) is 21.6. The zero-order valence-corrected chi connectivity index (χ0v) is 10.6. The number of alkyl halides is 2. The Morgan fingerprint density at radius 3 is 2.17 bits per heavy atom. The molecule has 1 fully saturated rings. The van der Waals surface area contributed by atoms with Gasteiger partial charge in [0, 0.05) is 18.8 Å². The summed E-state index contributed by atoms with van der Waals surface area (Å²) in [5.41, 5.74) is 0. The molecule has 1 aliphatic rings. The molecule has 0 radical (unpaired) electrons. The maximum atomic E-state index is 12.9. The van der Waals surface area contributed by atoms with E-state index >= 15 is 0 Å². The molecule has 18 heavy (non-hydrogen) atoms. The topological polar surface area (TPSA) is 66.4 Å². The second-order valence-corrected chi connectivity index (χ2v) is 5.20. The van der Waals surface area contributed by atoms with Crippen LogP contribution in [0, 0.1) is 11.8 Å². The fraction of sp³-hybridized carbons (Fsp3) is 0.833. The monoisotopic (exact) mass is 263 g/mol. The maximum Gasteiger partial charge on any atom is 0.326 e. The SMILES string of the molecule is CC(C)C(NC(=O)C1CCC(F)(F)CC1)C(=O)O. The van der Waals surface area contributed by atoms with Gasteiger partial charge >= 0.3 is 5.97 Å². The fourth-order valence-electron chi connectivity index (χ4n) is 2.09. The molecule has 0 aliphatic heterocycles. The molecule has 0 spiro atoms. The molecule has 1 atom stereocenters. The average Bonchev–Trinajstić information content (AvgIpc) is 2.24. The van der Waals surface area contributed by atoms with E-state index in [1.165, 1.54) is 0 Å². The van der Waals surface area contributed by atoms with E-state index in [-0.39, 0.29) is 31.6 Å². The number of nitrogens with one attached hydrogen (secondary N) is 1. The van der Waals surface area contributed by atoms with Crippen molar-refractivity contribution in [2.24, 2.45) is 11.8 Å². The van der Waals surface area contributed by atoms with Crippen molar-refractivity contribution in [3.63, 3.8) is 0 Å². The van der Waals surface area contributed by atoms with Gasteiger partial charge in [-0.2, -0.15) is 0 Å². The number of carboxylic acids is 1. The average molecular weight is 263 g/mol. The van der Waals surface area contributed by atoms with Crippen molar-refractivity contribution in [2.45, 2.75) is 51.5 Å². The first-order valence-corrected chi connectivity index (χ1v) is 6.14. The van der Waals surface area contributed by atoms with Crippen molar-refractivity contribution in [3.8, 4) is 0 Å². The lowest BCUT2D eigenvalue weighted by molar-refractivity contribution is -0.144. The molecule has 1 saturated carbocycles. The van der Waals surface area contributed by atoms with Gasteiger partial charge in [-0.15, -0.1) is 0 Å². The first-order valence-electron chi connectivity index (χ1n) is 6.14. The number of carbonyl (C=O) groups excluding carboxylic acids is 1. The lowest BCUT2D eigenvalue weighted by Crippen LogP contribution is -2.47. The largest absolute Gasteiger partial charge is 0.480 e. The van der Waals surface area contributed by atoms with Crippen LogP contribution in [-0.2, 0) is 9.59 Å². The highest BCUT2D eigenvalue weighted by molar-refractivity contribution is 5.85. The zero-order valence-electron chi connectivity index (χ0n) is 10.6. The molecule has 1 rings (SSSR count). The van der Waals surface area contributed by atoms with Crippen LogP contribution in [0.2, 0.25) is 0 Å². The number of amides is 1. The predicted molar refractivity (Wildman–Crippen MR) is 61.3 cm³/mol. The smallest absolute Gasteiger partial charge is 0.326 e. The molecule has 4 nitrogen and oxygen atoms in total. The van der Waals surface area contributed by atoms with Crippen LogP contribution in [0.25, 0.3) is 0 Å². The van der Waals surface area contributed by atoms with E-state index in [9.17, 15) is 18.4 Å². The third-order valence-electron chi connectivity index (χ3n) is 3.32. The van der Waals surface area contributed by atoms with E-state index in [1.807, 2.05) is 0 Å². The second kappa shape index (κ2) is 5.63. The van der Waals surface area contributed by atoms with Gasteiger partial charge < -0.3 is 10.4 Å². The van der Waals surface area contributed by atoms with Crippen molar-refractivity contribution in [1.82, 2.24) is 5.32 Å². The Hall–Kier alpha value is -1.20. The summed E-state index contributed by atoms with van der Waals surface area (Å²) >= 11 is 0. The lowest BCUT2D eigenvalue weighted by atomic mass is 9.86. The Morgan fingerprint density at radius 2 is 1.78 bits per heavy atom. The summed E-state index contributed by atoms with van der Waals surface area (Å²) in [5.74, 6) is -4.94. The van der Waals surface area contributed by atoms with Gasteiger partial charge in [-0.1, -0.05) is 13.8 Å². The molecular formula is C12H19F2NO3. The van der Waals surface area contributed by atoms with Gasteiger partial charge in [0.25, 0.3) is 0 Å². The molecule has 1 unspecified atom stereocenters. The summed E-state index contributed by atoms with van der Waals surface area (Å²) in [6.07, 6.45) is -0.373. The predicted octanol–water partition coefficient (Wildman–Crippen LogP) is 2.04. The second-order valence-electron chi connectivity index (χ2n) is 5.20. The standard InChI is InChI=1S/C12H19F2NO3/c1-7(2)9(11(17)18)15-10(16)8-3-5-12(13,14)6-4-8/h7-9H,3-6H2,1-2H3,(H,15,16)(H,17,18). The van der Waals surface area contributed by atoms with Gasteiger partial charge in [0.2, 0.25) is 11.8 Å². The molecule has 0 aromatic rings. The summed E-state index contributed by atoms with van der Waals surface area (Å²) in [6.45, 7) is 3.38. The minimum atomic E-state index is -2.68. The van der Waals surface area contributed by atoms with Crippen LogP contribution >= 0.6 is 0 Å². The van der Waals surface area contributed by atoms with Gasteiger partial charge in [0.15, 0.2) is 0 Å². The summed E-state index contributed by atoms with van der Waals surface area (Å²) < 4.78 is 25.9. The molecular weight excluding hydrogens is 244 g/mol. The minimum Gasteiger partial charge on any atom is -0.480 e. The van der Waals surface area contributed by atoms with Gasteiger partial charge in [-0.3, -0.25) is 4.79 Å². The van der Waals surface area contributed by atoms with Crippen molar-refractivity contribution in [3.05, 3.63) is 0 Å². The highest BCUT2D eigenvalue weighted by Gasteiger charge is 2.38. The summed E-state index contributed by atoms with van der Waals surface area (Å²) in [6, 6.07) is -0.958. The quantitative estimate of drug-likeness (QED) is 0.815. The van der Waals surface area contributed by atoms with Crippen molar-refractivity contribution >= 4 is 11.9 Å². The maximum absolute atomic E-state index is 12.9. The summed E-state index contributed by atoms with van der Waals surface area (Å²) in [4.78, 5) is 22.7. The third kappa shape index (κ3) is 3.92. The number of hydrogen-bond acceptors (Lipinski definition) is 2. The molecule has 0 heterocycles. The van der Waals surface area contributed by atoms with Crippen LogP contribution in [0.3, 0.4) is 0 Å². The van der Waals surface area contributed by atoms with Crippen molar-refractivity contribution < 1.29 is 23.5 Å². The first-order chi connectivity index (χ1) is 8.23. The molecule has 1 aliphatic carbocycles. The minimum absolute atomic E-state index is 0.114. The Kier molecular flexibility index (Phi) is 4.65. The molecule has 2 N–H and O–H groups in total. The van der Waals surface area contributed by atoms with Gasteiger partial charge in [-0.05, 0) is 18.8 Å². The molecule has 1 amide bonds. The van der Waals surface area contributed by atoms with Gasteiger partial charge in [-0.25, -0.2) is 13.6 Å². The van der Waals surface area contributed by atoms with Crippen LogP contribution in [0.1, 0.15) is 39.5 Å². The number of carbonyl (C=O) groups is 2. The zero-order chi connectivity index (χ0) is 13.9. The van der Waals surface area contributed by atoms with Gasteiger partial charge in [0.05, 0.1) is 0 Å². The molecule has 0 bridgehead atoms. The van der Waals surface area contributed by atoms with Crippen LogP contribution < -0.4 is 5.32 Å². The van der Waals surface area contributed by atoms with E-state index in [4.69, 9.17) is 5.11 Å². The molecule has 0 saturated heterocycles. The Labute approximate surface area is 105 Å². The summed E-state index contributed by atoms with van der Waals surface area (Å²) in [7, 11) is 0. The van der Waals surface area contributed by atoms with E-state index in [1.54, 1.807) is 13.8 Å². The van der Waals surface area contributed by atoms with Crippen LogP contribution in [-0.4, -0.2) is 28.9 Å². The van der Waals surface area contributed by atoms with Crippen LogP contribution in [0.5, 0.6) is 0 Å². The molecule has 104 valence electrons. The van der Waals surface area contributed by atoms with E-state index < -0.39 is 29.8 Å². The Bertz CT molecular complexity index is 321. The van der Waals surface area contributed by atoms with Crippen molar-refractivity contribution in [2.75, 3.05) is 0 Å². The number of carboxylic acid groups (broad SMARTS) is 1. The Morgan fingerprint density at radius 1 is 1.28 bits per heavy atom. The van der Waals surface area contributed by atoms with Gasteiger partial charge in [0.1, 0.15) is 6.04 Å². The number of rotatable bonds is 4. The van der Waals surface area contributed by atoms with Crippen LogP contribution in [0.15, 0.2) is 0 Å². The Balaban J connectivity index is 2.53. The summed E-state index contributed by atoms with van der Waals surface area (Å²) in [5, 5.41) is 11.4. The number of halogens is 2. The van der Waals surface area contributed by atoms with E-state index in [0.29, 0.717) is 0 Å². The van der Waals surface area contributed by atoms with E-state index in [0.717, 1.165) is 0 Å². The number of aliphatic carboxylic acids is 1. The molecule has 0 aromatic carbocycles. The highest BCUT2D eigenvalue weighted by Crippen LogP contribution is 2.36. The first kappa shape index (κ1) is 14.9. The van der Waals surface area contributed by atoms with E-state index in [2.05, 4.69) is 5.32 Å². The third-order valence-corrected chi connectivity index (χ3v) is 3.32.